The highest BCUT2D eigenvalue weighted by molar-refractivity contribution is 7.23. The monoisotopic (exact) mass is 469 g/mol. The van der Waals surface area contributed by atoms with Crippen LogP contribution < -0.4 is 15.4 Å². The Bertz CT molecular complexity index is 1390. The van der Waals surface area contributed by atoms with Crippen molar-refractivity contribution in [2.45, 2.75) is 13.1 Å². The molecule has 2 aromatic heterocycles. The molecule has 6 nitrogen and oxygen atoms in total. The van der Waals surface area contributed by atoms with Crippen LogP contribution in [0.4, 0.5) is 5.13 Å². The van der Waals surface area contributed by atoms with Gasteiger partial charge in [-0.2, -0.15) is 0 Å². The number of hydrogen-bond donors (Lipinski definition) is 2. The third kappa shape index (κ3) is 4.71. The number of furan rings is 1. The highest BCUT2D eigenvalue weighted by Crippen LogP contribution is 2.39. The number of ether oxygens (including phenoxy) is 1. The molecule has 0 aliphatic carbocycles. The fraction of sp³-hybridized carbons (Fsp3) is 0.111. The standard InChI is InChI=1S/C27H23N3O3S/c1-32-23-14-13-22(19-6-3-2-4-7-19)25-24(23)29-27(34-25)30-26(31)20-11-9-18(10-12-20)16-28-17-21-8-5-15-33-21/h2-15,28H,16-17H2,1H3,(H,29,30,31). The first kappa shape index (κ1) is 21.9. The van der Waals surface area contributed by atoms with Crippen molar-refractivity contribution in [3.05, 3.63) is 102 Å². The van der Waals surface area contributed by atoms with Gasteiger partial charge in [-0.25, -0.2) is 4.98 Å². The summed E-state index contributed by atoms with van der Waals surface area (Å²) in [5.74, 6) is 1.37. The predicted molar refractivity (Wildman–Crippen MR) is 135 cm³/mol. The molecule has 0 unspecified atom stereocenters. The third-order valence-electron chi connectivity index (χ3n) is 5.46. The van der Waals surface area contributed by atoms with Crippen LogP contribution in [-0.4, -0.2) is 18.0 Å². The van der Waals surface area contributed by atoms with Crippen LogP contribution in [0.15, 0.2) is 89.5 Å². The van der Waals surface area contributed by atoms with E-state index in [0.29, 0.717) is 29.5 Å². The van der Waals surface area contributed by atoms with E-state index in [2.05, 4.69) is 27.8 Å². The average Bonchev–Trinajstić information content (AvgIpc) is 3.54. The van der Waals surface area contributed by atoms with Gasteiger partial charge in [-0.05, 0) is 47.5 Å². The maximum atomic E-state index is 12.9. The number of benzene rings is 3. The summed E-state index contributed by atoms with van der Waals surface area (Å²) in [6.45, 7) is 1.34. The van der Waals surface area contributed by atoms with E-state index in [1.807, 2.05) is 66.7 Å². The van der Waals surface area contributed by atoms with Gasteiger partial charge in [0.1, 0.15) is 17.0 Å². The summed E-state index contributed by atoms with van der Waals surface area (Å²) in [6, 6.07) is 25.4. The molecule has 7 heteroatoms. The molecule has 0 radical (unpaired) electrons. The van der Waals surface area contributed by atoms with Crippen molar-refractivity contribution in [3.63, 3.8) is 0 Å². The number of fused-ring (bicyclic) bond motifs is 1. The van der Waals surface area contributed by atoms with Crippen LogP contribution in [0.3, 0.4) is 0 Å². The molecule has 1 amide bonds. The minimum absolute atomic E-state index is 0.200. The zero-order valence-corrected chi connectivity index (χ0v) is 19.4. The van der Waals surface area contributed by atoms with Gasteiger partial charge >= 0.3 is 0 Å². The molecule has 0 saturated carbocycles. The van der Waals surface area contributed by atoms with Crippen molar-refractivity contribution in [1.29, 1.82) is 0 Å². The van der Waals surface area contributed by atoms with E-state index >= 15 is 0 Å². The van der Waals surface area contributed by atoms with E-state index in [-0.39, 0.29) is 5.91 Å². The molecule has 0 saturated heterocycles. The van der Waals surface area contributed by atoms with E-state index in [1.165, 1.54) is 11.3 Å². The molecule has 2 heterocycles. The molecule has 170 valence electrons. The lowest BCUT2D eigenvalue weighted by atomic mass is 10.1. The number of nitrogens with zero attached hydrogens (tertiary/aromatic N) is 1. The van der Waals surface area contributed by atoms with Crippen molar-refractivity contribution in [3.8, 4) is 16.9 Å². The van der Waals surface area contributed by atoms with E-state index in [1.54, 1.807) is 13.4 Å². The number of methoxy groups -OCH3 is 1. The van der Waals surface area contributed by atoms with Crippen LogP contribution in [0.25, 0.3) is 21.3 Å². The second kappa shape index (κ2) is 9.91. The Hall–Kier alpha value is -3.94. The number of carbonyl (C=O) groups is 1. The minimum atomic E-state index is -0.200. The van der Waals surface area contributed by atoms with Gasteiger partial charge in [0.25, 0.3) is 5.91 Å². The Morgan fingerprint density at radius 3 is 2.53 bits per heavy atom. The molecular formula is C27H23N3O3S. The Kier molecular flexibility index (Phi) is 6.38. The van der Waals surface area contributed by atoms with Gasteiger partial charge in [0.15, 0.2) is 5.13 Å². The molecule has 5 rings (SSSR count). The summed E-state index contributed by atoms with van der Waals surface area (Å²) in [7, 11) is 1.62. The molecule has 0 bridgehead atoms. The minimum Gasteiger partial charge on any atom is -0.494 e. The number of anilines is 1. The van der Waals surface area contributed by atoms with Crippen molar-refractivity contribution in [2.24, 2.45) is 0 Å². The molecular weight excluding hydrogens is 446 g/mol. The smallest absolute Gasteiger partial charge is 0.257 e. The maximum absolute atomic E-state index is 12.9. The van der Waals surface area contributed by atoms with Crippen LogP contribution in [0.5, 0.6) is 5.75 Å². The molecule has 0 fully saturated rings. The highest BCUT2D eigenvalue weighted by atomic mass is 32.1. The van der Waals surface area contributed by atoms with Gasteiger partial charge < -0.3 is 14.5 Å². The number of nitrogens with one attached hydrogen (secondary N) is 2. The zero-order chi connectivity index (χ0) is 23.3. The van der Waals surface area contributed by atoms with Crippen molar-refractivity contribution >= 4 is 32.6 Å². The number of aromatic nitrogens is 1. The summed E-state index contributed by atoms with van der Waals surface area (Å²) in [5.41, 5.74) is 4.54. The Morgan fingerprint density at radius 2 is 1.79 bits per heavy atom. The van der Waals surface area contributed by atoms with Gasteiger partial charge in [-0.3, -0.25) is 10.1 Å². The van der Waals surface area contributed by atoms with Gasteiger partial charge in [-0.15, -0.1) is 0 Å². The first-order valence-corrected chi connectivity index (χ1v) is 11.7. The average molecular weight is 470 g/mol. The highest BCUT2D eigenvalue weighted by Gasteiger charge is 2.16. The molecule has 2 N–H and O–H groups in total. The summed E-state index contributed by atoms with van der Waals surface area (Å²) in [4.78, 5) is 17.5. The SMILES string of the molecule is COc1ccc(-c2ccccc2)c2sc(NC(=O)c3ccc(CNCc4ccco4)cc3)nc12. The van der Waals surface area contributed by atoms with Crippen LogP contribution in [0.1, 0.15) is 21.7 Å². The van der Waals surface area contributed by atoms with E-state index in [9.17, 15) is 4.79 Å². The van der Waals surface area contributed by atoms with Crippen molar-refractivity contribution in [2.75, 3.05) is 12.4 Å². The first-order valence-electron chi connectivity index (χ1n) is 10.9. The number of thiazole rings is 1. The lowest BCUT2D eigenvalue weighted by Crippen LogP contribution is -2.13. The number of hydrogen-bond acceptors (Lipinski definition) is 6. The quantitative estimate of drug-likeness (QED) is 0.287. The summed E-state index contributed by atoms with van der Waals surface area (Å²) < 4.78 is 11.8. The van der Waals surface area contributed by atoms with Crippen LogP contribution in [0, 0.1) is 0 Å². The predicted octanol–water partition coefficient (Wildman–Crippen LogP) is 6.11. The molecule has 0 spiro atoms. The fourth-order valence-corrected chi connectivity index (χ4v) is 4.75. The summed E-state index contributed by atoms with van der Waals surface area (Å²) >= 11 is 1.44. The first-order chi connectivity index (χ1) is 16.7. The topological polar surface area (TPSA) is 76.4 Å². The molecule has 0 aliphatic heterocycles. The van der Waals surface area contributed by atoms with Gasteiger partial charge in [-0.1, -0.05) is 53.8 Å². The molecule has 0 aliphatic rings. The Morgan fingerprint density at radius 1 is 0.971 bits per heavy atom. The lowest BCUT2D eigenvalue weighted by molar-refractivity contribution is 0.102. The van der Waals surface area contributed by atoms with E-state index in [0.717, 1.165) is 32.7 Å². The molecule has 0 atom stereocenters. The van der Waals surface area contributed by atoms with Gasteiger partial charge in [0, 0.05) is 17.7 Å². The van der Waals surface area contributed by atoms with Gasteiger partial charge in [0.2, 0.25) is 0 Å². The zero-order valence-electron chi connectivity index (χ0n) is 18.6. The van der Waals surface area contributed by atoms with E-state index < -0.39 is 0 Å². The molecule has 5 aromatic rings. The Labute approximate surface area is 201 Å². The summed E-state index contributed by atoms with van der Waals surface area (Å²) in [6.07, 6.45) is 1.66. The molecule has 34 heavy (non-hydrogen) atoms. The van der Waals surface area contributed by atoms with Gasteiger partial charge in [0.05, 0.1) is 24.6 Å². The van der Waals surface area contributed by atoms with Crippen LogP contribution in [0.2, 0.25) is 0 Å². The number of amides is 1. The third-order valence-corrected chi connectivity index (χ3v) is 6.46. The second-order valence-corrected chi connectivity index (χ2v) is 8.71. The number of rotatable bonds is 8. The van der Waals surface area contributed by atoms with Crippen molar-refractivity contribution < 1.29 is 13.9 Å². The largest absolute Gasteiger partial charge is 0.494 e. The van der Waals surface area contributed by atoms with Crippen molar-refractivity contribution in [1.82, 2.24) is 10.3 Å². The number of carbonyl (C=O) groups excluding carboxylic acids is 1. The van der Waals surface area contributed by atoms with E-state index in [4.69, 9.17) is 9.15 Å². The second-order valence-electron chi connectivity index (χ2n) is 7.71. The van der Waals surface area contributed by atoms with Crippen LogP contribution >= 0.6 is 11.3 Å². The Balaban J connectivity index is 1.31. The normalized spacial score (nSPS) is 11.0. The fourth-order valence-electron chi connectivity index (χ4n) is 3.73. The molecule has 3 aromatic carbocycles. The summed E-state index contributed by atoms with van der Waals surface area (Å²) in [5, 5.41) is 6.80. The lowest BCUT2D eigenvalue weighted by Gasteiger charge is -2.05. The maximum Gasteiger partial charge on any atom is 0.257 e. The van der Waals surface area contributed by atoms with Crippen LogP contribution in [-0.2, 0) is 13.1 Å².